The number of carbonyl (C=O) groups excluding carboxylic acids is 1. The van der Waals surface area contributed by atoms with Crippen LogP contribution in [0.1, 0.15) is 0 Å². The van der Waals surface area contributed by atoms with E-state index in [1.807, 2.05) is 54.6 Å². The highest BCUT2D eigenvalue weighted by Crippen LogP contribution is 2.31. The van der Waals surface area contributed by atoms with Gasteiger partial charge in [-0.05, 0) is 48.0 Å². The summed E-state index contributed by atoms with van der Waals surface area (Å²) in [6.07, 6.45) is 3.26. The molecule has 1 amide bonds. The zero-order valence-corrected chi connectivity index (χ0v) is 17.4. The molecule has 5 aromatic rings. The Labute approximate surface area is 189 Å². The first kappa shape index (κ1) is 20.3. The average Bonchev–Trinajstić information content (AvgIpc) is 3.31. The molecule has 0 saturated carbocycles. The van der Waals surface area contributed by atoms with Crippen LogP contribution in [0.2, 0.25) is 0 Å². The third-order valence-electron chi connectivity index (χ3n) is 5.19. The maximum atomic E-state index is 13.5. The van der Waals surface area contributed by atoms with Gasteiger partial charge in [0.05, 0.1) is 5.69 Å². The molecule has 0 aliphatic rings. The highest BCUT2D eigenvalue weighted by molar-refractivity contribution is 5.98. The van der Waals surface area contributed by atoms with E-state index in [-0.39, 0.29) is 5.82 Å². The summed E-state index contributed by atoms with van der Waals surface area (Å²) in [4.78, 5) is 17.4. The van der Waals surface area contributed by atoms with Crippen molar-refractivity contribution in [2.75, 3.05) is 5.32 Å². The van der Waals surface area contributed by atoms with Crippen molar-refractivity contribution in [2.24, 2.45) is 0 Å². The normalized spacial score (nSPS) is 10.7. The van der Waals surface area contributed by atoms with Gasteiger partial charge in [0.15, 0.2) is 0 Å². The third kappa shape index (κ3) is 4.12. The number of amides is 1. The Morgan fingerprint density at radius 2 is 1.45 bits per heavy atom. The van der Waals surface area contributed by atoms with E-state index in [9.17, 15) is 9.18 Å². The first-order valence-electron chi connectivity index (χ1n) is 10.3. The van der Waals surface area contributed by atoms with Crippen molar-refractivity contribution in [1.29, 1.82) is 0 Å². The number of hydrogen-bond acceptors (Lipinski definition) is 4. The van der Waals surface area contributed by atoms with E-state index in [0.29, 0.717) is 28.2 Å². The van der Waals surface area contributed by atoms with Gasteiger partial charge in [0.1, 0.15) is 17.2 Å². The number of hydrogen-bond donors (Lipinski definition) is 1. The lowest BCUT2D eigenvalue weighted by Gasteiger charge is -2.12. The SMILES string of the molecule is O=C(Nc1ccccc1-c1ccccc1)n1nnc(-c2ccc(F)cc2)c1-c1ccncc1. The number of para-hydroxylation sites is 1. The Hall–Kier alpha value is -4.65. The average molecular weight is 435 g/mol. The molecule has 1 N–H and O–H groups in total. The van der Waals surface area contributed by atoms with Crippen LogP contribution in [0.15, 0.2) is 103 Å². The van der Waals surface area contributed by atoms with Crippen molar-refractivity contribution in [2.45, 2.75) is 0 Å². The molecule has 0 aliphatic carbocycles. The Bertz CT molecular complexity index is 1400. The molecule has 0 bridgehead atoms. The molecule has 3 aromatic carbocycles. The van der Waals surface area contributed by atoms with Crippen molar-refractivity contribution < 1.29 is 9.18 Å². The third-order valence-corrected chi connectivity index (χ3v) is 5.19. The monoisotopic (exact) mass is 435 g/mol. The molecule has 0 radical (unpaired) electrons. The van der Waals surface area contributed by atoms with Crippen molar-refractivity contribution in [3.05, 3.63) is 109 Å². The second-order valence-corrected chi connectivity index (χ2v) is 7.28. The molecule has 0 saturated heterocycles. The lowest BCUT2D eigenvalue weighted by Crippen LogP contribution is -2.22. The molecular formula is C26H18FN5O. The van der Waals surface area contributed by atoms with Crippen molar-refractivity contribution in [3.8, 4) is 33.6 Å². The molecule has 0 atom stereocenters. The van der Waals surface area contributed by atoms with Crippen LogP contribution in [-0.4, -0.2) is 26.0 Å². The number of anilines is 1. The van der Waals surface area contributed by atoms with Crippen LogP contribution in [0.25, 0.3) is 33.6 Å². The van der Waals surface area contributed by atoms with Gasteiger partial charge in [-0.25, -0.2) is 9.18 Å². The van der Waals surface area contributed by atoms with Gasteiger partial charge < -0.3 is 5.32 Å². The minimum absolute atomic E-state index is 0.355. The van der Waals surface area contributed by atoms with Crippen LogP contribution < -0.4 is 5.32 Å². The number of halogens is 1. The Morgan fingerprint density at radius 3 is 2.21 bits per heavy atom. The molecule has 0 fully saturated rings. The highest BCUT2D eigenvalue weighted by atomic mass is 19.1. The van der Waals surface area contributed by atoms with Crippen molar-refractivity contribution in [3.63, 3.8) is 0 Å². The maximum Gasteiger partial charge on any atom is 0.348 e. The number of carbonyl (C=O) groups is 1. The first-order valence-corrected chi connectivity index (χ1v) is 10.3. The Kier molecular flexibility index (Phi) is 5.43. The van der Waals surface area contributed by atoms with Crippen molar-refractivity contribution >= 4 is 11.7 Å². The minimum Gasteiger partial charge on any atom is -0.305 e. The van der Waals surface area contributed by atoms with Gasteiger partial charge in [-0.15, -0.1) is 5.10 Å². The van der Waals surface area contributed by atoms with Crippen LogP contribution in [0.5, 0.6) is 0 Å². The molecule has 0 spiro atoms. The lowest BCUT2D eigenvalue weighted by molar-refractivity contribution is 0.250. The van der Waals surface area contributed by atoms with Crippen LogP contribution in [0.3, 0.4) is 0 Å². The molecule has 160 valence electrons. The number of nitrogens with zero attached hydrogens (tertiary/aromatic N) is 4. The fourth-order valence-electron chi connectivity index (χ4n) is 3.62. The van der Waals surface area contributed by atoms with Gasteiger partial charge in [-0.3, -0.25) is 4.98 Å². The van der Waals surface area contributed by atoms with Crippen LogP contribution in [-0.2, 0) is 0 Å². The van der Waals surface area contributed by atoms with E-state index in [1.54, 1.807) is 36.7 Å². The summed E-state index contributed by atoms with van der Waals surface area (Å²) in [5.41, 5.74) is 4.82. The topological polar surface area (TPSA) is 72.7 Å². The van der Waals surface area contributed by atoms with Gasteiger partial charge in [-0.2, -0.15) is 4.68 Å². The maximum absolute atomic E-state index is 13.5. The largest absolute Gasteiger partial charge is 0.348 e. The summed E-state index contributed by atoms with van der Waals surface area (Å²) in [7, 11) is 0. The van der Waals surface area contributed by atoms with Gasteiger partial charge in [-0.1, -0.05) is 53.7 Å². The minimum atomic E-state index is -0.467. The zero-order chi connectivity index (χ0) is 22.6. The van der Waals surface area contributed by atoms with Gasteiger partial charge in [0.25, 0.3) is 0 Å². The summed E-state index contributed by atoms with van der Waals surface area (Å²) < 4.78 is 14.7. The highest BCUT2D eigenvalue weighted by Gasteiger charge is 2.22. The molecule has 6 nitrogen and oxygen atoms in total. The predicted octanol–water partition coefficient (Wildman–Crippen LogP) is 5.89. The molecule has 33 heavy (non-hydrogen) atoms. The number of benzene rings is 3. The summed E-state index contributed by atoms with van der Waals surface area (Å²) in [5.74, 6) is -0.355. The summed E-state index contributed by atoms with van der Waals surface area (Å²) in [6, 6.07) is 26.3. The Morgan fingerprint density at radius 1 is 0.758 bits per heavy atom. The summed E-state index contributed by atoms with van der Waals surface area (Å²) in [5, 5.41) is 11.3. The van der Waals surface area contributed by atoms with Gasteiger partial charge in [0.2, 0.25) is 0 Å². The standard InChI is InChI=1S/C26H18FN5O/c27-21-12-10-19(11-13-21)24-25(20-14-16-28-17-15-20)32(31-30-24)26(33)29-23-9-5-4-8-22(23)18-6-2-1-3-7-18/h1-17H,(H,29,33). The molecule has 5 rings (SSSR count). The van der Waals surface area contributed by atoms with E-state index in [1.165, 1.54) is 16.8 Å². The quantitative estimate of drug-likeness (QED) is 0.382. The summed E-state index contributed by atoms with van der Waals surface area (Å²) >= 11 is 0. The van der Waals surface area contributed by atoms with Gasteiger partial charge in [0, 0.05) is 29.1 Å². The van der Waals surface area contributed by atoms with E-state index >= 15 is 0 Å². The summed E-state index contributed by atoms with van der Waals surface area (Å²) in [6.45, 7) is 0. The number of pyridine rings is 1. The molecule has 7 heteroatoms. The molecular weight excluding hydrogens is 417 g/mol. The molecule has 2 aromatic heterocycles. The first-order chi connectivity index (χ1) is 16.2. The number of rotatable bonds is 4. The lowest BCUT2D eigenvalue weighted by atomic mass is 10.0. The van der Waals surface area contributed by atoms with Gasteiger partial charge >= 0.3 is 6.03 Å². The molecule has 0 aliphatic heterocycles. The van der Waals surface area contributed by atoms with E-state index in [4.69, 9.17) is 0 Å². The smallest absolute Gasteiger partial charge is 0.305 e. The fraction of sp³-hybridized carbons (Fsp3) is 0. The van der Waals surface area contributed by atoms with Crippen LogP contribution in [0.4, 0.5) is 14.9 Å². The molecule has 0 unspecified atom stereocenters. The van der Waals surface area contributed by atoms with Crippen LogP contribution >= 0.6 is 0 Å². The zero-order valence-electron chi connectivity index (χ0n) is 17.4. The number of nitrogens with one attached hydrogen (secondary N) is 1. The fourth-order valence-corrected chi connectivity index (χ4v) is 3.62. The number of aromatic nitrogens is 4. The Balaban J connectivity index is 1.57. The predicted molar refractivity (Wildman–Crippen MR) is 125 cm³/mol. The second kappa shape index (κ2) is 8.84. The second-order valence-electron chi connectivity index (χ2n) is 7.28. The van der Waals surface area contributed by atoms with E-state index in [0.717, 1.165) is 11.1 Å². The van der Waals surface area contributed by atoms with Crippen LogP contribution in [0, 0.1) is 5.82 Å². The van der Waals surface area contributed by atoms with E-state index < -0.39 is 6.03 Å². The molecule has 2 heterocycles. The van der Waals surface area contributed by atoms with E-state index in [2.05, 4.69) is 20.6 Å². The van der Waals surface area contributed by atoms with Crippen molar-refractivity contribution in [1.82, 2.24) is 20.0 Å².